The molecule has 1 aliphatic carbocycles. The lowest BCUT2D eigenvalue weighted by atomic mass is 9.94. The zero-order valence-corrected chi connectivity index (χ0v) is 12.2. The average molecular weight is 290 g/mol. The monoisotopic (exact) mass is 290 g/mol. The maximum atomic E-state index is 13.1. The summed E-state index contributed by atoms with van der Waals surface area (Å²) in [5, 5.41) is 2.87. The Morgan fingerprint density at radius 3 is 2.33 bits per heavy atom. The van der Waals surface area contributed by atoms with Gasteiger partial charge in [-0.25, -0.2) is 4.39 Å². The predicted molar refractivity (Wildman–Crippen MR) is 77.2 cm³/mol. The van der Waals surface area contributed by atoms with Crippen LogP contribution in [0, 0.1) is 17.7 Å². The quantitative estimate of drug-likeness (QED) is 0.926. The predicted octanol–water partition coefficient (Wildman–Crippen LogP) is 2.09. The van der Waals surface area contributed by atoms with Gasteiger partial charge in [0.05, 0.1) is 0 Å². The van der Waals surface area contributed by atoms with Gasteiger partial charge in [-0.05, 0) is 48.9 Å². The minimum atomic E-state index is -0.544. The van der Waals surface area contributed by atoms with E-state index < -0.39 is 12.1 Å². The molecule has 5 heteroatoms. The van der Waals surface area contributed by atoms with Gasteiger partial charge in [-0.1, -0.05) is 13.8 Å². The van der Waals surface area contributed by atoms with E-state index in [0.29, 0.717) is 5.69 Å². The van der Waals surface area contributed by atoms with Gasteiger partial charge >= 0.3 is 0 Å². The third-order valence-electron chi connectivity index (χ3n) is 4.18. The number of carbonyl (C=O) groups excluding carboxylic acids is 2. The molecule has 4 nitrogen and oxygen atoms in total. The summed E-state index contributed by atoms with van der Waals surface area (Å²) in [5.41, 5.74) is 0.584. The number of hydrogen-bond acceptors (Lipinski definition) is 2. The summed E-state index contributed by atoms with van der Waals surface area (Å²) in [6.07, 6.45) is 1.95. The van der Waals surface area contributed by atoms with Crippen molar-refractivity contribution < 1.29 is 14.0 Å². The van der Waals surface area contributed by atoms with Crippen molar-refractivity contribution in [1.82, 2.24) is 5.32 Å². The fraction of sp³-hybridized carbons (Fsp3) is 0.500. The van der Waals surface area contributed by atoms with Crippen molar-refractivity contribution in [3.8, 4) is 0 Å². The zero-order chi connectivity index (χ0) is 15.1. The first kappa shape index (κ1) is 14.0. The largest absolute Gasteiger partial charge is 0.342 e. The van der Waals surface area contributed by atoms with E-state index in [2.05, 4.69) is 5.32 Å². The van der Waals surface area contributed by atoms with Gasteiger partial charge in [0.1, 0.15) is 17.9 Å². The Morgan fingerprint density at radius 1 is 1.19 bits per heavy atom. The fourth-order valence-electron chi connectivity index (χ4n) is 2.94. The van der Waals surface area contributed by atoms with Crippen molar-refractivity contribution in [3.05, 3.63) is 30.1 Å². The van der Waals surface area contributed by atoms with Crippen molar-refractivity contribution in [2.45, 2.75) is 38.8 Å². The molecule has 2 atom stereocenters. The van der Waals surface area contributed by atoms with Crippen LogP contribution in [-0.2, 0) is 9.59 Å². The normalized spacial score (nSPS) is 26.2. The second kappa shape index (κ2) is 5.13. The lowest BCUT2D eigenvalue weighted by Gasteiger charge is -2.41. The highest BCUT2D eigenvalue weighted by Gasteiger charge is 2.48. The van der Waals surface area contributed by atoms with Crippen molar-refractivity contribution in [3.63, 3.8) is 0 Å². The molecule has 0 bridgehead atoms. The first-order valence-corrected chi connectivity index (χ1v) is 7.38. The Kier molecular flexibility index (Phi) is 3.43. The molecule has 1 saturated heterocycles. The van der Waals surface area contributed by atoms with E-state index in [1.807, 2.05) is 13.8 Å². The molecule has 1 aliphatic heterocycles. The summed E-state index contributed by atoms with van der Waals surface area (Å²) >= 11 is 0. The van der Waals surface area contributed by atoms with Crippen molar-refractivity contribution in [2.75, 3.05) is 4.90 Å². The van der Waals surface area contributed by atoms with E-state index in [-0.39, 0.29) is 29.5 Å². The molecule has 112 valence electrons. The molecule has 1 aromatic carbocycles. The summed E-state index contributed by atoms with van der Waals surface area (Å²) < 4.78 is 13.1. The van der Waals surface area contributed by atoms with Gasteiger partial charge in [0.25, 0.3) is 5.91 Å². The molecule has 3 rings (SSSR count). The van der Waals surface area contributed by atoms with Gasteiger partial charge in [-0.15, -0.1) is 0 Å². The lowest BCUT2D eigenvalue weighted by Crippen LogP contribution is -2.65. The first-order valence-electron chi connectivity index (χ1n) is 7.38. The number of halogens is 1. The van der Waals surface area contributed by atoms with Crippen LogP contribution >= 0.6 is 0 Å². The molecule has 2 unspecified atom stereocenters. The minimum absolute atomic E-state index is 0.0147. The Balaban J connectivity index is 1.99. The molecule has 0 aromatic heterocycles. The highest BCUT2D eigenvalue weighted by Crippen LogP contribution is 2.37. The molecule has 0 radical (unpaired) electrons. The fourth-order valence-corrected chi connectivity index (χ4v) is 2.94. The maximum Gasteiger partial charge on any atom is 0.250 e. The van der Waals surface area contributed by atoms with Crippen LogP contribution in [0.1, 0.15) is 26.7 Å². The van der Waals surface area contributed by atoms with Crippen LogP contribution < -0.4 is 10.2 Å². The van der Waals surface area contributed by atoms with Gasteiger partial charge in [0.15, 0.2) is 0 Å². The highest BCUT2D eigenvalue weighted by molar-refractivity contribution is 6.08. The molecule has 21 heavy (non-hydrogen) atoms. The Bertz CT molecular complexity index is 566. The standard InChI is InChI=1S/C16H19FN2O2/c1-9(2)14-15(20)18-13(10-3-4-10)16(21)19(14)12-7-5-11(17)6-8-12/h5-10,13-14H,3-4H2,1-2H3,(H,18,20). The van der Waals surface area contributed by atoms with Crippen LogP contribution in [0.4, 0.5) is 10.1 Å². The number of anilines is 1. The molecule has 1 heterocycles. The third-order valence-corrected chi connectivity index (χ3v) is 4.18. The second-order valence-corrected chi connectivity index (χ2v) is 6.20. The van der Waals surface area contributed by atoms with Crippen LogP contribution in [0.25, 0.3) is 0 Å². The summed E-state index contributed by atoms with van der Waals surface area (Å²) in [6, 6.07) is 4.78. The molecule has 2 fully saturated rings. The first-order chi connectivity index (χ1) is 9.99. The summed E-state index contributed by atoms with van der Waals surface area (Å²) in [6.45, 7) is 3.82. The maximum absolute atomic E-state index is 13.1. The number of benzene rings is 1. The summed E-state index contributed by atoms with van der Waals surface area (Å²) in [7, 11) is 0. The van der Waals surface area contributed by atoms with Crippen molar-refractivity contribution in [2.24, 2.45) is 11.8 Å². The summed E-state index contributed by atoms with van der Waals surface area (Å²) in [4.78, 5) is 26.7. The van der Waals surface area contributed by atoms with E-state index >= 15 is 0 Å². The zero-order valence-electron chi connectivity index (χ0n) is 12.2. The van der Waals surface area contributed by atoms with Crippen LogP contribution in [0.15, 0.2) is 24.3 Å². The second-order valence-electron chi connectivity index (χ2n) is 6.20. The molecular weight excluding hydrogens is 271 g/mol. The number of rotatable bonds is 3. The Morgan fingerprint density at radius 2 is 1.81 bits per heavy atom. The highest BCUT2D eigenvalue weighted by atomic mass is 19.1. The molecular formula is C16H19FN2O2. The molecule has 1 N–H and O–H groups in total. The molecule has 2 aliphatic rings. The van der Waals surface area contributed by atoms with Gasteiger partial charge in [0, 0.05) is 5.69 Å². The summed E-state index contributed by atoms with van der Waals surface area (Å²) in [5.74, 6) is -0.322. The third kappa shape index (κ3) is 2.52. The smallest absolute Gasteiger partial charge is 0.250 e. The molecule has 1 aromatic rings. The number of piperazine rings is 1. The minimum Gasteiger partial charge on any atom is -0.342 e. The number of nitrogens with zero attached hydrogens (tertiary/aromatic N) is 1. The van der Waals surface area contributed by atoms with Crippen LogP contribution in [0.2, 0.25) is 0 Å². The molecule has 0 spiro atoms. The van der Waals surface area contributed by atoms with Gasteiger partial charge in [-0.3, -0.25) is 14.5 Å². The number of hydrogen-bond donors (Lipinski definition) is 1. The number of amides is 2. The van der Waals surface area contributed by atoms with E-state index in [9.17, 15) is 14.0 Å². The van der Waals surface area contributed by atoms with Crippen LogP contribution in [0.5, 0.6) is 0 Å². The van der Waals surface area contributed by atoms with Gasteiger partial charge < -0.3 is 5.32 Å². The van der Waals surface area contributed by atoms with Crippen molar-refractivity contribution >= 4 is 17.5 Å². The SMILES string of the molecule is CC(C)C1C(=O)NC(C2CC2)C(=O)N1c1ccc(F)cc1. The van der Waals surface area contributed by atoms with E-state index in [4.69, 9.17) is 0 Å². The Hall–Kier alpha value is -1.91. The Labute approximate surface area is 123 Å². The van der Waals surface area contributed by atoms with E-state index in [1.54, 1.807) is 17.0 Å². The number of nitrogens with one attached hydrogen (secondary N) is 1. The number of carbonyl (C=O) groups is 2. The topological polar surface area (TPSA) is 49.4 Å². The average Bonchev–Trinajstić information content (AvgIpc) is 3.25. The van der Waals surface area contributed by atoms with E-state index in [0.717, 1.165) is 12.8 Å². The lowest BCUT2D eigenvalue weighted by molar-refractivity contribution is -0.135. The van der Waals surface area contributed by atoms with Gasteiger partial charge in [-0.2, -0.15) is 0 Å². The van der Waals surface area contributed by atoms with Gasteiger partial charge in [0.2, 0.25) is 5.91 Å². The van der Waals surface area contributed by atoms with Crippen molar-refractivity contribution in [1.29, 1.82) is 0 Å². The molecule has 2 amide bonds. The van der Waals surface area contributed by atoms with E-state index in [1.165, 1.54) is 12.1 Å². The van der Waals surface area contributed by atoms with Crippen LogP contribution in [0.3, 0.4) is 0 Å². The van der Waals surface area contributed by atoms with Crippen LogP contribution in [-0.4, -0.2) is 23.9 Å². The molecule has 1 saturated carbocycles.